The highest BCUT2D eigenvalue weighted by atomic mass is 16.5. The van der Waals surface area contributed by atoms with E-state index in [0.29, 0.717) is 19.3 Å². The highest BCUT2D eigenvalue weighted by Crippen LogP contribution is 2.26. The number of rotatable bonds is 22. The SMILES string of the molecule is C/C=C/C[C@@H](C)[C@@H](O)[C@H]1C(=O)N[C@@H](CC)C(=O)N(C)[C@H](COCCCCCO)C(=O)N(C)[C@@H](CC(C)(C)O)C(=O)N[C@@H](C(C)C)C(=O)N(C)[C@@H](CC(C)C)C(=O)N[C@@H](C)C(=O)N[C@H](C)C(=O)N(C)[C@@H](CC(C)C)C(=O)N(C)[C@@H](CC(C)C)C(=O)N(C)[C@@H](C(C)C)C(=O)N1C. The summed E-state index contributed by atoms with van der Waals surface area (Å²) in [7, 11) is 9.64. The number of aliphatic hydroxyl groups excluding tert-OH is 2. The lowest BCUT2D eigenvalue weighted by Gasteiger charge is -2.41. The van der Waals surface area contributed by atoms with E-state index in [9.17, 15) is 39.3 Å². The summed E-state index contributed by atoms with van der Waals surface area (Å²) in [6.07, 6.45) is 3.67. The van der Waals surface area contributed by atoms with Gasteiger partial charge in [0.15, 0.2) is 0 Å². The number of aliphatic hydroxyl groups is 3. The molecule has 0 unspecified atom stereocenters. The predicted molar refractivity (Wildman–Crippen MR) is 361 cm³/mol. The highest BCUT2D eigenvalue weighted by molar-refractivity contribution is 6.00. The number of allylic oxidation sites excluding steroid dienone is 2. The molecular formula is C68H123N11O15. The fourth-order valence-electron chi connectivity index (χ4n) is 11.7. The van der Waals surface area contributed by atoms with Crippen LogP contribution in [0.25, 0.3) is 0 Å². The van der Waals surface area contributed by atoms with Crippen molar-refractivity contribution in [1.82, 2.24) is 55.6 Å². The lowest BCUT2D eigenvalue weighted by molar-refractivity contribution is -0.157. The van der Waals surface area contributed by atoms with Crippen LogP contribution in [0.2, 0.25) is 0 Å². The van der Waals surface area contributed by atoms with Crippen LogP contribution in [0, 0.1) is 35.5 Å². The number of nitrogens with one attached hydrogen (secondary N) is 4. The lowest BCUT2D eigenvalue weighted by atomic mass is 9.91. The maximum Gasteiger partial charge on any atom is 0.248 e. The van der Waals surface area contributed by atoms with Gasteiger partial charge in [0, 0.05) is 69.0 Å². The van der Waals surface area contributed by atoms with Crippen LogP contribution in [0.1, 0.15) is 175 Å². The molecule has 0 bridgehead atoms. The summed E-state index contributed by atoms with van der Waals surface area (Å²) in [5.74, 6) is -10.8. The van der Waals surface area contributed by atoms with Gasteiger partial charge in [-0.3, -0.25) is 52.7 Å². The fraction of sp³-hybridized carbons (Fsp3) is 0.809. The van der Waals surface area contributed by atoms with Gasteiger partial charge in [-0.25, -0.2) is 0 Å². The first-order valence-electron chi connectivity index (χ1n) is 33.8. The van der Waals surface area contributed by atoms with Crippen molar-refractivity contribution in [2.75, 3.05) is 69.2 Å². The van der Waals surface area contributed by atoms with Gasteiger partial charge >= 0.3 is 0 Å². The Bertz CT molecular complexity index is 2540. The molecule has 0 radical (unpaired) electrons. The second kappa shape index (κ2) is 39.7. The largest absolute Gasteiger partial charge is 0.396 e. The van der Waals surface area contributed by atoms with Crippen LogP contribution in [-0.4, -0.2) is 262 Å². The van der Waals surface area contributed by atoms with E-state index in [1.807, 2.05) is 41.5 Å². The first-order valence-corrected chi connectivity index (χ1v) is 33.8. The third-order valence-electron chi connectivity index (χ3n) is 17.6. The van der Waals surface area contributed by atoms with Gasteiger partial charge in [-0.15, -0.1) is 0 Å². The molecule has 1 saturated heterocycles. The van der Waals surface area contributed by atoms with Crippen molar-refractivity contribution in [1.29, 1.82) is 0 Å². The average molecular weight is 1330 g/mol. The van der Waals surface area contributed by atoms with Crippen molar-refractivity contribution in [3.8, 4) is 0 Å². The molecule has 11 amide bonds. The van der Waals surface area contributed by atoms with E-state index in [4.69, 9.17) is 4.74 Å². The van der Waals surface area contributed by atoms with E-state index in [1.54, 1.807) is 60.6 Å². The van der Waals surface area contributed by atoms with Gasteiger partial charge in [-0.2, -0.15) is 0 Å². The van der Waals surface area contributed by atoms with E-state index >= 15 is 28.8 Å². The number of ether oxygens (including phenoxy) is 1. The maximum atomic E-state index is 15.3. The monoisotopic (exact) mass is 1330 g/mol. The molecule has 26 heteroatoms. The molecule has 1 rings (SSSR count). The van der Waals surface area contributed by atoms with E-state index < -0.39 is 168 Å². The van der Waals surface area contributed by atoms with E-state index in [-0.39, 0.29) is 69.5 Å². The second-order valence-corrected chi connectivity index (χ2v) is 28.6. The number of hydrogen-bond donors (Lipinski definition) is 7. The molecule has 0 aromatic rings. The molecule has 0 aromatic carbocycles. The van der Waals surface area contributed by atoms with Gasteiger partial charge in [0.1, 0.15) is 66.5 Å². The first-order chi connectivity index (χ1) is 43.5. The van der Waals surface area contributed by atoms with Crippen LogP contribution >= 0.6 is 0 Å². The fourth-order valence-corrected chi connectivity index (χ4v) is 11.7. The standard InChI is InChI=1S/C68H123N11O15/c1-25-27-31-44(13)56(81)55-60(85)71-47(26-2)62(87)77(22)52(38-94-33-30-28-29-32-80)65(90)76(21)51(37-68(16,17)93)59(84)72-53(42(9)10)66(91)73(18)48(34-39(3)4)58(83)69-45(14)57(82)70-46(15)61(86)74(19)49(35-40(5)6)63(88)75(20)50(36-41(7)8)64(89)78(23)54(43(11)12)67(92)79(55)24/h25,27,39-56,80-81,93H,26,28-38H2,1-24H3,(H,69,83)(H,70,82)(H,71,85)(H,72,84)/b27-25+/t44-,45+,46-,47+,48+,49+,50+,51+,52-,53+,54+,55+,56-/m1/s1. The molecule has 7 N–H and O–H groups in total. The van der Waals surface area contributed by atoms with Gasteiger partial charge < -0.3 is 75.6 Å². The number of nitrogens with zero attached hydrogens (tertiary/aromatic N) is 7. The minimum Gasteiger partial charge on any atom is -0.396 e. The van der Waals surface area contributed by atoms with Crippen LogP contribution in [-0.2, 0) is 57.5 Å². The van der Waals surface area contributed by atoms with E-state index in [2.05, 4.69) is 21.3 Å². The van der Waals surface area contributed by atoms with E-state index in [1.165, 1.54) is 96.6 Å². The minimum absolute atomic E-state index is 0.0577. The molecule has 94 heavy (non-hydrogen) atoms. The Morgan fingerprint density at radius 3 is 1.43 bits per heavy atom. The highest BCUT2D eigenvalue weighted by Gasteiger charge is 2.47. The summed E-state index contributed by atoms with van der Waals surface area (Å²) in [6.45, 7) is 28.3. The van der Waals surface area contributed by atoms with Gasteiger partial charge in [-0.1, -0.05) is 95.2 Å². The summed E-state index contributed by atoms with van der Waals surface area (Å²) in [5.41, 5.74) is -1.62. The summed E-state index contributed by atoms with van der Waals surface area (Å²) in [6, 6.07) is -14.9. The molecule has 0 aliphatic carbocycles. The number of carbonyl (C=O) groups is 11. The average Bonchev–Trinajstić information content (AvgIpc) is 0.809. The van der Waals surface area contributed by atoms with Crippen LogP contribution < -0.4 is 21.3 Å². The molecular weight excluding hydrogens is 1210 g/mol. The van der Waals surface area contributed by atoms with Crippen molar-refractivity contribution >= 4 is 65.0 Å². The van der Waals surface area contributed by atoms with Crippen molar-refractivity contribution in [2.45, 2.75) is 254 Å². The zero-order valence-corrected chi connectivity index (χ0v) is 61.4. The van der Waals surface area contributed by atoms with Gasteiger partial charge in [0.05, 0.1) is 18.3 Å². The van der Waals surface area contributed by atoms with Gasteiger partial charge in [0.25, 0.3) is 0 Å². The van der Waals surface area contributed by atoms with Crippen molar-refractivity contribution in [3.63, 3.8) is 0 Å². The summed E-state index contributed by atoms with van der Waals surface area (Å²) < 4.78 is 6.04. The molecule has 1 fully saturated rings. The molecule has 0 aromatic heterocycles. The Morgan fingerprint density at radius 2 is 0.947 bits per heavy atom. The zero-order chi connectivity index (χ0) is 72.7. The number of amides is 11. The van der Waals surface area contributed by atoms with E-state index in [0.717, 1.165) is 14.7 Å². The molecule has 1 aliphatic heterocycles. The Morgan fingerprint density at radius 1 is 0.500 bits per heavy atom. The second-order valence-electron chi connectivity index (χ2n) is 28.6. The quantitative estimate of drug-likeness (QED) is 0.0606. The topological polar surface area (TPSA) is 328 Å². The van der Waals surface area contributed by atoms with Gasteiger partial charge in [-0.05, 0) is 121 Å². The van der Waals surface area contributed by atoms with Gasteiger partial charge in [0.2, 0.25) is 65.0 Å². The normalized spacial score (nSPS) is 26.4. The summed E-state index contributed by atoms with van der Waals surface area (Å²) in [4.78, 5) is 172. The predicted octanol–water partition coefficient (Wildman–Crippen LogP) is 2.93. The van der Waals surface area contributed by atoms with Crippen LogP contribution in [0.3, 0.4) is 0 Å². The van der Waals surface area contributed by atoms with Crippen molar-refractivity contribution < 1.29 is 72.8 Å². The maximum absolute atomic E-state index is 15.3. The third-order valence-corrected chi connectivity index (χ3v) is 17.6. The van der Waals surface area contributed by atoms with Crippen LogP contribution in [0.5, 0.6) is 0 Å². The lowest BCUT2D eigenvalue weighted by Crippen LogP contribution is -2.64. The number of carbonyl (C=O) groups excluding carboxylic acids is 11. The van der Waals surface area contributed by atoms with Crippen LogP contribution in [0.4, 0.5) is 0 Å². The molecule has 13 atom stereocenters. The van der Waals surface area contributed by atoms with Crippen LogP contribution in [0.15, 0.2) is 12.2 Å². The Kier molecular flexibility index (Phi) is 36.2. The molecule has 0 saturated carbocycles. The smallest absolute Gasteiger partial charge is 0.248 e. The van der Waals surface area contributed by atoms with Crippen molar-refractivity contribution in [2.24, 2.45) is 35.5 Å². The Labute approximate surface area is 561 Å². The summed E-state index contributed by atoms with van der Waals surface area (Å²) >= 11 is 0. The molecule has 540 valence electrons. The zero-order valence-electron chi connectivity index (χ0n) is 61.4. The molecule has 1 aliphatic rings. The third kappa shape index (κ3) is 25.1. The Balaban J connectivity index is 4.56. The number of likely N-dealkylation sites (N-methyl/N-ethyl adjacent to an activating group) is 7. The first kappa shape index (κ1) is 85.8. The molecule has 0 spiro atoms. The molecule has 26 nitrogen and oxygen atoms in total. The summed E-state index contributed by atoms with van der Waals surface area (Å²) in [5, 5.41) is 44.0. The number of hydrogen-bond acceptors (Lipinski definition) is 15. The van der Waals surface area contributed by atoms with Crippen molar-refractivity contribution in [3.05, 3.63) is 12.2 Å². The molecule has 1 heterocycles. The Hall–Kier alpha value is -6.25. The number of unbranched alkanes of at least 4 members (excludes halogenated alkanes) is 2. The minimum atomic E-state index is -1.69.